The van der Waals surface area contributed by atoms with E-state index in [9.17, 15) is 28.8 Å². The number of rotatable bonds is 29. The van der Waals surface area contributed by atoms with Crippen LogP contribution in [0.25, 0.3) is 22.3 Å². The standard InChI is InChI=1S/C63H68O14/c1-6-8-10-12-14-38-72-60(66)48-21-17-44(18-22-48)46-25-31-52(32-26-46)74-62(68)50-29-35-54(56(41-50)70-4)76-58(64)37-16-43(3)40-59(65)77-55-36-30-51(42-57(55)71-5)63(69)75-53-33-27-47(28-34-53)45-19-23-49(24-20-45)61(67)73-39-15-13-11-9-7-2/h17-36,41-43H,6-16,37-40H2,1-5H3. The monoisotopic (exact) mass is 1050 g/mol. The van der Waals surface area contributed by atoms with Crippen molar-refractivity contribution in [3.63, 3.8) is 0 Å². The van der Waals surface area contributed by atoms with Crippen molar-refractivity contribution in [1.82, 2.24) is 0 Å². The third kappa shape index (κ3) is 18.2. The Morgan fingerprint density at radius 1 is 0.390 bits per heavy atom. The van der Waals surface area contributed by atoms with Crippen molar-refractivity contribution in [3.8, 4) is 56.8 Å². The average Bonchev–Trinajstić information content (AvgIpc) is 3.45. The van der Waals surface area contributed by atoms with Gasteiger partial charge in [0.05, 0.1) is 49.7 Å². The molecule has 6 aromatic rings. The third-order valence-electron chi connectivity index (χ3n) is 12.6. The van der Waals surface area contributed by atoms with Gasteiger partial charge in [-0.2, -0.15) is 0 Å². The number of hydrogen-bond donors (Lipinski definition) is 0. The fraction of sp³-hybridized carbons (Fsp3) is 0.333. The summed E-state index contributed by atoms with van der Waals surface area (Å²) in [5, 5.41) is 0. The van der Waals surface area contributed by atoms with Crippen LogP contribution in [0.3, 0.4) is 0 Å². The maximum Gasteiger partial charge on any atom is 0.343 e. The molecular formula is C63H68O14. The topological polar surface area (TPSA) is 176 Å². The van der Waals surface area contributed by atoms with Gasteiger partial charge in [-0.3, -0.25) is 9.59 Å². The summed E-state index contributed by atoms with van der Waals surface area (Å²) in [5.41, 5.74) is 4.76. The fourth-order valence-corrected chi connectivity index (χ4v) is 8.11. The minimum absolute atomic E-state index is 0.0271. The van der Waals surface area contributed by atoms with E-state index in [1.165, 1.54) is 63.5 Å². The molecule has 1 atom stereocenters. The van der Waals surface area contributed by atoms with Gasteiger partial charge in [-0.1, -0.05) is 121 Å². The molecule has 14 heteroatoms. The summed E-state index contributed by atoms with van der Waals surface area (Å²) in [6.07, 6.45) is 11.0. The van der Waals surface area contributed by atoms with Gasteiger partial charge in [-0.15, -0.1) is 0 Å². The second-order valence-corrected chi connectivity index (χ2v) is 18.6. The van der Waals surface area contributed by atoms with E-state index >= 15 is 0 Å². The van der Waals surface area contributed by atoms with Crippen molar-refractivity contribution in [2.24, 2.45) is 5.92 Å². The Bertz CT molecular complexity index is 2890. The number of carbonyl (C=O) groups is 6. The van der Waals surface area contributed by atoms with Crippen molar-refractivity contribution >= 4 is 35.8 Å². The summed E-state index contributed by atoms with van der Waals surface area (Å²) in [6, 6.07) is 36.8. The molecule has 404 valence electrons. The van der Waals surface area contributed by atoms with Crippen LogP contribution < -0.4 is 28.4 Å². The van der Waals surface area contributed by atoms with Gasteiger partial charge in [0, 0.05) is 12.8 Å². The molecule has 1 unspecified atom stereocenters. The van der Waals surface area contributed by atoms with Crippen molar-refractivity contribution in [2.75, 3.05) is 27.4 Å². The van der Waals surface area contributed by atoms with Crippen LogP contribution in [0.1, 0.15) is 146 Å². The molecule has 0 saturated carbocycles. The van der Waals surface area contributed by atoms with Crippen LogP contribution in [0.15, 0.2) is 133 Å². The van der Waals surface area contributed by atoms with Crippen molar-refractivity contribution < 1.29 is 66.7 Å². The molecule has 14 nitrogen and oxygen atoms in total. The molecule has 6 aromatic carbocycles. The van der Waals surface area contributed by atoms with Gasteiger partial charge in [0.15, 0.2) is 23.0 Å². The first-order valence-electron chi connectivity index (χ1n) is 26.3. The summed E-state index contributed by atoms with van der Waals surface area (Å²) >= 11 is 0. The molecule has 0 aliphatic carbocycles. The van der Waals surface area contributed by atoms with E-state index in [-0.39, 0.29) is 64.8 Å². The van der Waals surface area contributed by atoms with Gasteiger partial charge in [-0.05, 0) is 132 Å². The molecule has 0 aromatic heterocycles. The Morgan fingerprint density at radius 3 is 1.14 bits per heavy atom. The number of carbonyl (C=O) groups excluding carboxylic acids is 6. The highest BCUT2D eigenvalue weighted by molar-refractivity contribution is 5.93. The molecule has 77 heavy (non-hydrogen) atoms. The second-order valence-electron chi connectivity index (χ2n) is 18.6. The van der Waals surface area contributed by atoms with E-state index in [0.717, 1.165) is 73.6 Å². The van der Waals surface area contributed by atoms with E-state index in [1.54, 1.807) is 79.7 Å². The van der Waals surface area contributed by atoms with Crippen LogP contribution in [-0.4, -0.2) is 63.2 Å². The van der Waals surface area contributed by atoms with E-state index in [0.29, 0.717) is 42.3 Å². The zero-order chi connectivity index (χ0) is 54.9. The molecule has 0 aliphatic rings. The lowest BCUT2D eigenvalue weighted by atomic mass is 10.0. The lowest BCUT2D eigenvalue weighted by Crippen LogP contribution is -2.16. The Kier molecular flexibility index (Phi) is 22.8. The van der Waals surface area contributed by atoms with Gasteiger partial charge in [-0.25, -0.2) is 19.2 Å². The zero-order valence-corrected chi connectivity index (χ0v) is 44.6. The molecule has 0 spiro atoms. The van der Waals surface area contributed by atoms with Crippen LogP contribution in [0.2, 0.25) is 0 Å². The maximum atomic E-state index is 13.1. The Morgan fingerprint density at radius 2 is 0.753 bits per heavy atom. The van der Waals surface area contributed by atoms with Gasteiger partial charge in [0.1, 0.15) is 11.5 Å². The number of ether oxygens (including phenoxy) is 8. The molecule has 0 amide bonds. The molecule has 0 heterocycles. The molecular weight excluding hydrogens is 981 g/mol. The summed E-state index contributed by atoms with van der Waals surface area (Å²) in [5.74, 6) is -2.31. The number of methoxy groups -OCH3 is 2. The average molecular weight is 1050 g/mol. The predicted octanol–water partition coefficient (Wildman–Crippen LogP) is 14.0. The zero-order valence-electron chi connectivity index (χ0n) is 44.6. The molecule has 0 fully saturated rings. The SMILES string of the molecule is CCCCCCCOC(=O)c1ccc(-c2ccc(OC(=O)c3ccc(OC(=O)CCC(C)CC(=O)Oc4ccc(C(=O)Oc5ccc(-c6ccc(C(=O)OCCCCCCC)cc6)cc5)cc4OC)c(OC)c3)cc2)cc1. The smallest absolute Gasteiger partial charge is 0.343 e. The minimum Gasteiger partial charge on any atom is -0.493 e. The summed E-state index contributed by atoms with van der Waals surface area (Å²) < 4.78 is 44.1. The van der Waals surface area contributed by atoms with Crippen LogP contribution >= 0.6 is 0 Å². The fourth-order valence-electron chi connectivity index (χ4n) is 8.11. The maximum absolute atomic E-state index is 13.1. The first-order chi connectivity index (χ1) is 37.4. The first-order valence-corrected chi connectivity index (χ1v) is 26.3. The third-order valence-corrected chi connectivity index (χ3v) is 12.6. The number of esters is 6. The second kappa shape index (κ2) is 30.3. The Hall–Kier alpha value is -8.26. The molecule has 0 aliphatic heterocycles. The molecule has 0 radical (unpaired) electrons. The first kappa shape index (κ1) is 58.0. The molecule has 0 bridgehead atoms. The molecule has 0 N–H and O–H groups in total. The van der Waals surface area contributed by atoms with Crippen LogP contribution in [0.4, 0.5) is 0 Å². The lowest BCUT2D eigenvalue weighted by Gasteiger charge is -2.14. The van der Waals surface area contributed by atoms with Crippen LogP contribution in [0.5, 0.6) is 34.5 Å². The highest BCUT2D eigenvalue weighted by atomic mass is 16.6. The quantitative estimate of drug-likeness (QED) is 0.0246. The summed E-state index contributed by atoms with van der Waals surface area (Å²) in [7, 11) is 2.77. The minimum atomic E-state index is -0.651. The number of benzene rings is 6. The summed E-state index contributed by atoms with van der Waals surface area (Å²) in [6.45, 7) is 6.92. The number of unbranched alkanes of at least 4 members (excludes halogenated alkanes) is 8. The van der Waals surface area contributed by atoms with Crippen molar-refractivity contribution in [2.45, 2.75) is 104 Å². The van der Waals surface area contributed by atoms with E-state index in [4.69, 9.17) is 37.9 Å². The van der Waals surface area contributed by atoms with Crippen LogP contribution in [-0.2, 0) is 19.1 Å². The Labute approximate surface area is 450 Å². The summed E-state index contributed by atoms with van der Waals surface area (Å²) in [4.78, 5) is 77.1. The van der Waals surface area contributed by atoms with E-state index < -0.39 is 23.9 Å². The highest BCUT2D eigenvalue weighted by Crippen LogP contribution is 2.32. The predicted molar refractivity (Wildman–Crippen MR) is 292 cm³/mol. The van der Waals surface area contributed by atoms with Gasteiger partial charge >= 0.3 is 35.8 Å². The van der Waals surface area contributed by atoms with Gasteiger partial charge in [0.2, 0.25) is 0 Å². The lowest BCUT2D eigenvalue weighted by molar-refractivity contribution is -0.137. The van der Waals surface area contributed by atoms with Gasteiger partial charge in [0.25, 0.3) is 0 Å². The highest BCUT2D eigenvalue weighted by Gasteiger charge is 2.21. The molecule has 6 rings (SSSR count). The van der Waals surface area contributed by atoms with E-state index in [2.05, 4.69) is 13.8 Å². The van der Waals surface area contributed by atoms with E-state index in [1.807, 2.05) is 24.3 Å². The van der Waals surface area contributed by atoms with Crippen LogP contribution in [0, 0.1) is 5.92 Å². The van der Waals surface area contributed by atoms with Crippen molar-refractivity contribution in [1.29, 1.82) is 0 Å². The van der Waals surface area contributed by atoms with Gasteiger partial charge < -0.3 is 37.9 Å². The molecule has 0 saturated heterocycles. The largest absolute Gasteiger partial charge is 0.493 e. The van der Waals surface area contributed by atoms with Crippen molar-refractivity contribution in [3.05, 3.63) is 156 Å². The normalized spacial score (nSPS) is 11.2. The Balaban J connectivity index is 0.912. The number of hydrogen-bond acceptors (Lipinski definition) is 14.